The van der Waals surface area contributed by atoms with Crippen molar-refractivity contribution in [2.24, 2.45) is 0 Å². The lowest BCUT2D eigenvalue weighted by Gasteiger charge is -2.26. The summed E-state index contributed by atoms with van der Waals surface area (Å²) in [5.74, 6) is -0.124. The topological polar surface area (TPSA) is 92.5 Å². The molecule has 1 aliphatic rings. The highest BCUT2D eigenvalue weighted by atomic mass is 32.2. The van der Waals surface area contributed by atoms with Gasteiger partial charge in [0.25, 0.3) is 5.91 Å². The molecule has 0 unspecified atom stereocenters. The molecule has 150 valence electrons. The Hall–Kier alpha value is -2.97. The van der Waals surface area contributed by atoms with Gasteiger partial charge in [0.15, 0.2) is 5.69 Å². The second-order valence-electron chi connectivity index (χ2n) is 6.85. The second-order valence-corrected chi connectivity index (χ2v) is 8.79. The second kappa shape index (κ2) is 8.18. The molecule has 3 aromatic rings. The summed E-state index contributed by atoms with van der Waals surface area (Å²) >= 11 is 0. The van der Waals surface area contributed by atoms with E-state index in [2.05, 4.69) is 10.3 Å². The number of sulfonamides is 1. The van der Waals surface area contributed by atoms with Crippen molar-refractivity contribution in [2.45, 2.75) is 24.2 Å². The van der Waals surface area contributed by atoms with Gasteiger partial charge in [0.1, 0.15) is 6.26 Å². The first-order chi connectivity index (χ1) is 14.0. The van der Waals surface area contributed by atoms with E-state index in [-0.39, 0.29) is 10.6 Å². The number of carbonyl (C=O) groups excluding carboxylic acids is 1. The fraction of sp³-hybridized carbons (Fsp3) is 0.238. The van der Waals surface area contributed by atoms with Crippen LogP contribution in [0.25, 0.3) is 11.5 Å². The Morgan fingerprint density at radius 1 is 1.00 bits per heavy atom. The maximum Gasteiger partial charge on any atom is 0.277 e. The Kier molecular flexibility index (Phi) is 5.46. The molecule has 7 nitrogen and oxygen atoms in total. The van der Waals surface area contributed by atoms with Gasteiger partial charge in [0.05, 0.1) is 4.90 Å². The molecule has 2 aromatic carbocycles. The zero-order valence-corrected chi connectivity index (χ0v) is 16.6. The molecule has 0 atom stereocenters. The number of aromatic nitrogens is 1. The smallest absolute Gasteiger partial charge is 0.277 e. The van der Waals surface area contributed by atoms with Crippen LogP contribution in [0, 0.1) is 0 Å². The van der Waals surface area contributed by atoms with Crippen molar-refractivity contribution in [3.8, 4) is 11.5 Å². The minimum Gasteiger partial charge on any atom is -0.444 e. The summed E-state index contributed by atoms with van der Waals surface area (Å²) in [7, 11) is -3.57. The normalized spacial score (nSPS) is 15.2. The van der Waals surface area contributed by atoms with E-state index >= 15 is 0 Å². The summed E-state index contributed by atoms with van der Waals surface area (Å²) in [4.78, 5) is 16.9. The summed E-state index contributed by atoms with van der Waals surface area (Å²) in [6, 6.07) is 15.5. The zero-order chi connectivity index (χ0) is 20.3. The van der Waals surface area contributed by atoms with E-state index in [0.717, 1.165) is 24.8 Å². The van der Waals surface area contributed by atoms with Crippen LogP contribution in [0.4, 0.5) is 5.69 Å². The quantitative estimate of drug-likeness (QED) is 0.690. The van der Waals surface area contributed by atoms with Gasteiger partial charge < -0.3 is 9.73 Å². The molecule has 4 rings (SSSR count). The third-order valence-electron chi connectivity index (χ3n) is 4.80. The van der Waals surface area contributed by atoms with Crippen LogP contribution >= 0.6 is 0 Å². The maximum atomic E-state index is 12.8. The standard InChI is InChI=1S/C21H21N3O4S/c25-20(19-15-28-21(23-19)16-8-3-1-4-9-16)22-17-10-7-11-18(14-17)29(26,27)24-12-5-2-6-13-24/h1,3-4,7-11,14-15H,2,5-6,12-13H2,(H,22,25). The van der Waals surface area contributed by atoms with E-state index in [0.29, 0.717) is 24.7 Å². The minimum atomic E-state index is -3.57. The molecule has 1 amide bonds. The molecule has 8 heteroatoms. The van der Waals surface area contributed by atoms with Crippen molar-refractivity contribution < 1.29 is 17.6 Å². The van der Waals surface area contributed by atoms with E-state index < -0.39 is 15.9 Å². The van der Waals surface area contributed by atoms with E-state index in [4.69, 9.17) is 4.42 Å². The van der Waals surface area contributed by atoms with Gasteiger partial charge in [-0.25, -0.2) is 13.4 Å². The molecule has 0 saturated carbocycles. The number of amides is 1. The third-order valence-corrected chi connectivity index (χ3v) is 6.70. The molecule has 1 fully saturated rings. The van der Waals surface area contributed by atoms with Gasteiger partial charge in [0, 0.05) is 24.3 Å². The molecule has 1 saturated heterocycles. The number of oxazole rings is 1. The van der Waals surface area contributed by atoms with Gasteiger partial charge >= 0.3 is 0 Å². The Balaban J connectivity index is 1.51. The van der Waals surface area contributed by atoms with Crippen molar-refractivity contribution in [2.75, 3.05) is 18.4 Å². The van der Waals surface area contributed by atoms with Crippen LogP contribution in [0.3, 0.4) is 0 Å². The molecule has 0 spiro atoms. The number of piperidine rings is 1. The summed E-state index contributed by atoms with van der Waals surface area (Å²) in [6.45, 7) is 1.06. The molecular formula is C21H21N3O4S. The highest BCUT2D eigenvalue weighted by molar-refractivity contribution is 7.89. The van der Waals surface area contributed by atoms with Crippen molar-refractivity contribution in [1.82, 2.24) is 9.29 Å². The Morgan fingerprint density at radius 3 is 2.52 bits per heavy atom. The molecule has 2 heterocycles. The zero-order valence-electron chi connectivity index (χ0n) is 15.7. The Morgan fingerprint density at radius 2 is 1.76 bits per heavy atom. The van der Waals surface area contributed by atoms with Gasteiger partial charge in [-0.05, 0) is 43.2 Å². The SMILES string of the molecule is O=C(Nc1cccc(S(=O)(=O)N2CCCCC2)c1)c1coc(-c2ccccc2)n1. The number of rotatable bonds is 5. The highest BCUT2D eigenvalue weighted by Crippen LogP contribution is 2.23. The van der Waals surface area contributed by atoms with Crippen LogP contribution in [0.1, 0.15) is 29.8 Å². The van der Waals surface area contributed by atoms with Crippen LogP contribution in [0.5, 0.6) is 0 Å². The van der Waals surface area contributed by atoms with Crippen LogP contribution in [-0.4, -0.2) is 36.7 Å². The molecule has 0 radical (unpaired) electrons. The summed E-state index contributed by atoms with van der Waals surface area (Å²) in [6.07, 6.45) is 4.06. The van der Waals surface area contributed by atoms with Crippen molar-refractivity contribution in [1.29, 1.82) is 0 Å². The monoisotopic (exact) mass is 411 g/mol. The maximum absolute atomic E-state index is 12.8. The summed E-state index contributed by atoms with van der Waals surface area (Å²) < 4.78 is 32.6. The first kappa shape index (κ1) is 19.4. The average molecular weight is 411 g/mol. The van der Waals surface area contributed by atoms with E-state index in [1.165, 1.54) is 16.6 Å². The lowest BCUT2D eigenvalue weighted by Crippen LogP contribution is -2.35. The third kappa shape index (κ3) is 4.23. The fourth-order valence-electron chi connectivity index (χ4n) is 3.28. The van der Waals surface area contributed by atoms with Gasteiger partial charge in [-0.3, -0.25) is 4.79 Å². The van der Waals surface area contributed by atoms with Gasteiger partial charge in [-0.1, -0.05) is 30.7 Å². The van der Waals surface area contributed by atoms with E-state index in [1.54, 1.807) is 18.2 Å². The van der Waals surface area contributed by atoms with E-state index in [9.17, 15) is 13.2 Å². The molecule has 29 heavy (non-hydrogen) atoms. The van der Waals surface area contributed by atoms with Crippen molar-refractivity contribution in [3.63, 3.8) is 0 Å². The number of benzene rings is 2. The number of nitrogens with one attached hydrogen (secondary N) is 1. The molecule has 1 aliphatic heterocycles. The van der Waals surface area contributed by atoms with Crippen LogP contribution < -0.4 is 5.32 Å². The molecule has 0 aliphatic carbocycles. The van der Waals surface area contributed by atoms with Crippen LogP contribution in [0.2, 0.25) is 0 Å². The van der Waals surface area contributed by atoms with Crippen molar-refractivity contribution >= 4 is 21.6 Å². The van der Waals surface area contributed by atoms with Gasteiger partial charge in [-0.15, -0.1) is 0 Å². The lowest BCUT2D eigenvalue weighted by molar-refractivity contribution is 0.102. The average Bonchev–Trinajstić information content (AvgIpc) is 3.26. The summed E-state index contributed by atoms with van der Waals surface area (Å²) in [5, 5.41) is 2.69. The first-order valence-corrected chi connectivity index (χ1v) is 10.9. The Labute approximate surface area is 169 Å². The number of hydrogen-bond donors (Lipinski definition) is 1. The largest absolute Gasteiger partial charge is 0.444 e. The number of carbonyl (C=O) groups is 1. The predicted molar refractivity (Wildman–Crippen MR) is 109 cm³/mol. The fourth-order valence-corrected chi connectivity index (χ4v) is 4.84. The first-order valence-electron chi connectivity index (χ1n) is 9.46. The van der Waals surface area contributed by atoms with Gasteiger partial charge in [0.2, 0.25) is 15.9 Å². The molecule has 1 aromatic heterocycles. The van der Waals surface area contributed by atoms with Crippen molar-refractivity contribution in [3.05, 3.63) is 66.6 Å². The lowest BCUT2D eigenvalue weighted by atomic mass is 10.2. The van der Waals surface area contributed by atoms with E-state index in [1.807, 2.05) is 30.3 Å². The van der Waals surface area contributed by atoms with Crippen LogP contribution in [-0.2, 0) is 10.0 Å². The Bertz CT molecular complexity index is 1100. The number of anilines is 1. The highest BCUT2D eigenvalue weighted by Gasteiger charge is 2.26. The number of hydrogen-bond acceptors (Lipinski definition) is 5. The molecule has 1 N–H and O–H groups in total. The molecule has 0 bridgehead atoms. The predicted octanol–water partition coefficient (Wildman–Crippen LogP) is 3.77. The molecular weight excluding hydrogens is 390 g/mol. The minimum absolute atomic E-state index is 0.119. The number of nitrogens with zero attached hydrogens (tertiary/aromatic N) is 2. The van der Waals surface area contributed by atoms with Gasteiger partial charge in [-0.2, -0.15) is 4.31 Å². The summed E-state index contributed by atoms with van der Waals surface area (Å²) in [5.41, 5.74) is 1.27. The van der Waals surface area contributed by atoms with Crippen LogP contribution in [0.15, 0.2) is 70.2 Å².